The van der Waals surface area contributed by atoms with E-state index in [1.54, 1.807) is 74.5 Å². The minimum atomic E-state index is -3.56. The average molecular weight is 761 g/mol. The SMILES string of the molecule is CC(N)=NCC1CCCc2cc(NS(=O)(=O)c3ccccc3)ccc21.CCOC(C)=N.NCC1CCCc2cc(NS(=O)(=O)c3ccccc3)ccc21. The molecule has 0 heterocycles. The monoisotopic (exact) mass is 760 g/mol. The first-order valence-corrected chi connectivity index (χ1v) is 20.9. The predicted molar refractivity (Wildman–Crippen MR) is 215 cm³/mol. The Morgan fingerprint density at radius 1 is 0.755 bits per heavy atom. The molecule has 2 aliphatic rings. The summed E-state index contributed by atoms with van der Waals surface area (Å²) in [5.41, 5.74) is 17.6. The van der Waals surface area contributed by atoms with Crippen molar-refractivity contribution >= 4 is 43.2 Å². The molecule has 0 fully saturated rings. The smallest absolute Gasteiger partial charge is 0.261 e. The maximum Gasteiger partial charge on any atom is 0.261 e. The van der Waals surface area contributed by atoms with E-state index >= 15 is 0 Å². The van der Waals surface area contributed by atoms with Gasteiger partial charge < -0.3 is 16.2 Å². The molecule has 2 atom stereocenters. The topological polar surface area (TPSA) is 190 Å². The molecule has 0 amide bonds. The van der Waals surface area contributed by atoms with Crippen molar-refractivity contribution in [2.75, 3.05) is 29.1 Å². The van der Waals surface area contributed by atoms with E-state index in [2.05, 4.69) is 19.2 Å². The molecule has 0 aliphatic heterocycles. The number of fused-ring (bicyclic) bond motifs is 2. The summed E-state index contributed by atoms with van der Waals surface area (Å²) in [6.07, 6.45) is 6.30. The van der Waals surface area contributed by atoms with E-state index in [-0.39, 0.29) is 15.7 Å². The predicted octanol–water partition coefficient (Wildman–Crippen LogP) is 7.17. The van der Waals surface area contributed by atoms with Gasteiger partial charge in [0.1, 0.15) is 0 Å². The maximum absolute atomic E-state index is 12.5. The van der Waals surface area contributed by atoms with Gasteiger partial charge in [0.25, 0.3) is 20.0 Å². The van der Waals surface area contributed by atoms with Gasteiger partial charge in [0.05, 0.1) is 22.2 Å². The number of anilines is 2. The molecule has 0 aromatic heterocycles. The quantitative estimate of drug-likeness (QED) is 0.0836. The summed E-state index contributed by atoms with van der Waals surface area (Å²) in [5.74, 6) is 1.63. The highest BCUT2D eigenvalue weighted by atomic mass is 32.2. The highest BCUT2D eigenvalue weighted by Crippen LogP contribution is 2.35. The number of nitrogens with one attached hydrogen (secondary N) is 3. The first kappa shape index (κ1) is 41.0. The summed E-state index contributed by atoms with van der Waals surface area (Å²) in [4.78, 5) is 4.88. The van der Waals surface area contributed by atoms with Crippen molar-refractivity contribution in [3.05, 3.63) is 119 Å². The minimum Gasteiger partial charge on any atom is -0.482 e. The standard InChI is InChI=1S/C19H23N3O2S.C17H20N2O2S.C4H9NO/c1-14(20)21-13-16-7-5-6-15-12-17(10-11-19(15)16)22-25(23,24)18-8-3-2-4-9-18;18-12-14-6-4-5-13-11-15(9-10-17(13)14)19-22(20,21)16-7-2-1-3-8-16;1-3-6-4(2)5/h2-4,8-12,16,22H,5-7,13H2,1H3,(H2,20,21);1-3,7-11,14,19H,4-6,12,18H2;5H,3H2,1-2H3. The Hall–Kier alpha value is -4.72. The van der Waals surface area contributed by atoms with E-state index < -0.39 is 20.0 Å². The van der Waals surface area contributed by atoms with Crippen molar-refractivity contribution in [3.63, 3.8) is 0 Å². The first-order valence-electron chi connectivity index (χ1n) is 17.9. The van der Waals surface area contributed by atoms with E-state index in [1.807, 2.05) is 43.3 Å². The molecule has 2 unspecified atom stereocenters. The molecule has 0 saturated heterocycles. The number of nitrogens with two attached hydrogens (primary N) is 2. The van der Waals surface area contributed by atoms with Gasteiger partial charge in [0.2, 0.25) is 0 Å². The maximum atomic E-state index is 12.5. The van der Waals surface area contributed by atoms with E-state index in [0.29, 0.717) is 48.7 Å². The fourth-order valence-electron chi connectivity index (χ4n) is 6.49. The molecule has 4 aromatic carbocycles. The minimum absolute atomic E-state index is 0.262. The average Bonchev–Trinajstić information content (AvgIpc) is 3.14. The van der Waals surface area contributed by atoms with Crippen molar-refractivity contribution in [2.24, 2.45) is 16.5 Å². The van der Waals surface area contributed by atoms with Gasteiger partial charge in [0, 0.05) is 30.8 Å². The molecule has 7 N–H and O–H groups in total. The van der Waals surface area contributed by atoms with Gasteiger partial charge in [-0.3, -0.25) is 19.8 Å². The lowest BCUT2D eigenvalue weighted by molar-refractivity contribution is 0.321. The van der Waals surface area contributed by atoms with Crippen molar-refractivity contribution in [2.45, 2.75) is 80.9 Å². The van der Waals surface area contributed by atoms with E-state index in [1.165, 1.54) is 22.3 Å². The summed E-state index contributed by atoms with van der Waals surface area (Å²) in [5, 5.41) is 6.67. The summed E-state index contributed by atoms with van der Waals surface area (Å²) in [6.45, 7) is 7.20. The second kappa shape index (κ2) is 19.4. The van der Waals surface area contributed by atoms with Gasteiger partial charge in [-0.05, 0) is 136 Å². The number of rotatable bonds is 10. The molecule has 0 radical (unpaired) electrons. The van der Waals surface area contributed by atoms with Gasteiger partial charge >= 0.3 is 0 Å². The van der Waals surface area contributed by atoms with Gasteiger partial charge in [-0.15, -0.1) is 0 Å². The van der Waals surface area contributed by atoms with Crippen LogP contribution in [0.1, 0.15) is 80.5 Å². The molecule has 4 aromatic rings. The van der Waals surface area contributed by atoms with E-state index in [9.17, 15) is 16.8 Å². The van der Waals surface area contributed by atoms with Crippen LogP contribution < -0.4 is 20.9 Å². The molecular formula is C40H52N6O5S2. The number of ether oxygens (including phenoxy) is 1. The van der Waals surface area contributed by atoms with Crippen molar-refractivity contribution < 1.29 is 21.6 Å². The Balaban J connectivity index is 0.000000207. The van der Waals surface area contributed by atoms with Crippen LogP contribution in [-0.2, 0) is 37.6 Å². The largest absolute Gasteiger partial charge is 0.482 e. The van der Waals surface area contributed by atoms with Gasteiger partial charge in [-0.1, -0.05) is 48.5 Å². The Labute approximate surface area is 314 Å². The van der Waals surface area contributed by atoms with Gasteiger partial charge in [0.15, 0.2) is 5.90 Å². The molecule has 53 heavy (non-hydrogen) atoms. The Morgan fingerprint density at radius 3 is 1.60 bits per heavy atom. The second-order valence-electron chi connectivity index (χ2n) is 13.0. The number of hydrogen-bond acceptors (Lipinski definition) is 8. The molecule has 0 bridgehead atoms. The lowest BCUT2D eigenvalue weighted by Gasteiger charge is -2.25. The number of benzene rings is 4. The third-order valence-electron chi connectivity index (χ3n) is 8.98. The fraction of sp³-hybridized carbons (Fsp3) is 0.350. The first-order chi connectivity index (χ1) is 25.3. The van der Waals surface area contributed by atoms with Crippen molar-refractivity contribution in [1.82, 2.24) is 0 Å². The summed E-state index contributed by atoms with van der Waals surface area (Å²) in [6, 6.07) is 28.4. The van der Waals surface area contributed by atoms with Crippen molar-refractivity contribution in [1.29, 1.82) is 5.41 Å². The molecule has 13 heteroatoms. The van der Waals surface area contributed by atoms with Crippen LogP contribution in [0.15, 0.2) is 112 Å². The van der Waals surface area contributed by atoms with Crippen LogP contribution in [0, 0.1) is 5.41 Å². The second-order valence-corrected chi connectivity index (χ2v) is 16.4. The summed E-state index contributed by atoms with van der Waals surface area (Å²) >= 11 is 0. The Morgan fingerprint density at radius 2 is 1.21 bits per heavy atom. The zero-order valence-electron chi connectivity index (χ0n) is 30.7. The third kappa shape index (κ3) is 12.2. The Kier molecular flexibility index (Phi) is 15.0. The molecule has 2 aliphatic carbocycles. The highest BCUT2D eigenvalue weighted by molar-refractivity contribution is 7.93. The number of sulfonamides is 2. The molecular weight excluding hydrogens is 709 g/mol. The van der Waals surface area contributed by atoms with Crippen LogP contribution in [0.5, 0.6) is 0 Å². The van der Waals surface area contributed by atoms with Crippen molar-refractivity contribution in [3.8, 4) is 0 Å². The number of aliphatic imine (C=N–C) groups is 1. The van der Waals surface area contributed by atoms with Crippen LogP contribution in [0.25, 0.3) is 0 Å². The van der Waals surface area contributed by atoms with Gasteiger partial charge in [-0.25, -0.2) is 16.8 Å². The van der Waals surface area contributed by atoms with E-state index in [4.69, 9.17) is 16.9 Å². The van der Waals surface area contributed by atoms with Crippen LogP contribution in [0.3, 0.4) is 0 Å². The fourth-order valence-corrected chi connectivity index (χ4v) is 8.63. The normalized spacial score (nSPS) is 16.6. The molecule has 0 saturated carbocycles. The number of hydrogen-bond donors (Lipinski definition) is 5. The summed E-state index contributed by atoms with van der Waals surface area (Å²) in [7, 11) is -7.10. The highest BCUT2D eigenvalue weighted by Gasteiger charge is 2.22. The number of nitrogens with zero attached hydrogens (tertiary/aromatic N) is 1. The van der Waals surface area contributed by atoms with Crippen LogP contribution in [-0.4, -0.2) is 48.3 Å². The zero-order chi connectivity index (χ0) is 38.4. The lowest BCUT2D eigenvalue weighted by Crippen LogP contribution is -2.19. The van der Waals surface area contributed by atoms with Gasteiger partial charge in [-0.2, -0.15) is 0 Å². The summed E-state index contributed by atoms with van der Waals surface area (Å²) < 4.78 is 59.6. The number of aryl methyl sites for hydroxylation is 2. The van der Waals surface area contributed by atoms with Crippen LogP contribution in [0.2, 0.25) is 0 Å². The lowest BCUT2D eigenvalue weighted by atomic mass is 9.82. The molecule has 0 spiro atoms. The van der Waals surface area contributed by atoms with Crippen LogP contribution >= 0.6 is 0 Å². The number of amidine groups is 1. The molecule has 284 valence electrons. The third-order valence-corrected chi connectivity index (χ3v) is 11.8. The van der Waals surface area contributed by atoms with E-state index in [0.717, 1.165) is 38.5 Å². The molecule has 6 rings (SSSR count). The van der Waals surface area contributed by atoms with Crippen LogP contribution in [0.4, 0.5) is 11.4 Å². The zero-order valence-corrected chi connectivity index (χ0v) is 32.3. The molecule has 11 nitrogen and oxygen atoms in total. The Bertz CT molecular complexity index is 2050.